The van der Waals surface area contributed by atoms with E-state index in [1.807, 2.05) is 0 Å². The van der Waals surface area contributed by atoms with Crippen molar-refractivity contribution in [2.24, 2.45) is 0 Å². The number of nitrogens with zero attached hydrogens (tertiary/aromatic N) is 1. The third-order valence-electron chi connectivity index (χ3n) is 5.11. The quantitative estimate of drug-likeness (QED) is 0.684. The van der Waals surface area contributed by atoms with Crippen LogP contribution in [0.25, 0.3) is 0 Å². The first-order valence-corrected chi connectivity index (χ1v) is 11.2. The number of hydrogen-bond donors (Lipinski definition) is 1. The minimum Gasteiger partial charge on any atom is -0.379 e. The zero-order chi connectivity index (χ0) is 20.4. The first kappa shape index (κ1) is 21.2. The summed E-state index contributed by atoms with van der Waals surface area (Å²) in [5.74, 6) is -1.07. The Morgan fingerprint density at radius 2 is 1.68 bits per heavy atom. The van der Waals surface area contributed by atoms with Crippen LogP contribution in [0.1, 0.15) is 30.4 Å². The topological polar surface area (TPSA) is 57.6 Å². The molecule has 28 heavy (non-hydrogen) atoms. The van der Waals surface area contributed by atoms with Crippen molar-refractivity contribution in [3.05, 3.63) is 71.3 Å². The van der Waals surface area contributed by atoms with Crippen LogP contribution in [-0.4, -0.2) is 42.0 Å². The maximum Gasteiger partial charge on any atom is 0.214 e. The molecule has 2 aromatic rings. The van der Waals surface area contributed by atoms with Crippen LogP contribution in [0, 0.1) is 11.6 Å². The lowest BCUT2D eigenvalue weighted by molar-refractivity contribution is 0.0199. The van der Waals surface area contributed by atoms with E-state index in [0.717, 1.165) is 12.1 Å². The molecule has 1 aliphatic rings. The molecule has 1 fully saturated rings. The van der Waals surface area contributed by atoms with Gasteiger partial charge in [0.25, 0.3) is 0 Å². The van der Waals surface area contributed by atoms with Crippen molar-refractivity contribution in [1.82, 2.24) is 4.31 Å². The maximum absolute atomic E-state index is 13.9. The molecular formula is C20H22ClF2NO3S. The fraction of sp³-hybridized carbons (Fsp3) is 0.400. The lowest BCUT2D eigenvalue weighted by Gasteiger charge is -2.39. The van der Waals surface area contributed by atoms with Crippen molar-refractivity contribution in [2.45, 2.75) is 30.9 Å². The van der Waals surface area contributed by atoms with E-state index in [1.165, 1.54) is 40.7 Å². The summed E-state index contributed by atoms with van der Waals surface area (Å²) in [6, 6.07) is 9.84. The second-order valence-electron chi connectivity index (χ2n) is 6.91. The highest BCUT2D eigenvalue weighted by Crippen LogP contribution is 2.41. The molecule has 8 heteroatoms. The summed E-state index contributed by atoms with van der Waals surface area (Å²) < 4.78 is 54.9. The summed E-state index contributed by atoms with van der Waals surface area (Å²) in [5, 5.41) is 11.8. The summed E-state index contributed by atoms with van der Waals surface area (Å²) in [6.07, 6.45) is 1.19. The maximum atomic E-state index is 13.9. The van der Waals surface area contributed by atoms with Crippen molar-refractivity contribution in [1.29, 1.82) is 0 Å². The van der Waals surface area contributed by atoms with Crippen molar-refractivity contribution < 1.29 is 22.3 Å². The van der Waals surface area contributed by atoms with Gasteiger partial charge in [0.05, 0.1) is 11.8 Å². The number of hydrogen-bond acceptors (Lipinski definition) is 3. The van der Waals surface area contributed by atoms with Gasteiger partial charge in [0.2, 0.25) is 10.0 Å². The van der Waals surface area contributed by atoms with Crippen molar-refractivity contribution in [3.63, 3.8) is 0 Å². The lowest BCUT2D eigenvalue weighted by atomic mass is 9.79. The number of aliphatic hydroxyl groups is 1. The van der Waals surface area contributed by atoms with Gasteiger partial charge in [-0.25, -0.2) is 17.2 Å². The monoisotopic (exact) mass is 429 g/mol. The fourth-order valence-electron chi connectivity index (χ4n) is 3.85. The molecule has 0 aromatic heterocycles. The van der Waals surface area contributed by atoms with Gasteiger partial charge >= 0.3 is 0 Å². The van der Waals surface area contributed by atoms with Crippen LogP contribution in [0.2, 0.25) is 0 Å². The van der Waals surface area contributed by atoms with Crippen molar-refractivity contribution in [3.8, 4) is 0 Å². The molecule has 3 rings (SSSR count). The van der Waals surface area contributed by atoms with Crippen molar-refractivity contribution >= 4 is 21.6 Å². The minimum atomic E-state index is -3.69. The van der Waals surface area contributed by atoms with Crippen LogP contribution in [0.15, 0.2) is 48.5 Å². The van der Waals surface area contributed by atoms with E-state index in [9.17, 15) is 22.3 Å². The van der Waals surface area contributed by atoms with Crippen LogP contribution in [0.3, 0.4) is 0 Å². The van der Waals surface area contributed by atoms with Gasteiger partial charge in [0.1, 0.15) is 17.2 Å². The Balaban J connectivity index is 2.14. The van der Waals surface area contributed by atoms with Gasteiger partial charge < -0.3 is 5.11 Å². The predicted molar refractivity (Wildman–Crippen MR) is 105 cm³/mol. The van der Waals surface area contributed by atoms with Crippen molar-refractivity contribution in [2.75, 3.05) is 18.2 Å². The molecule has 0 unspecified atom stereocenters. The Morgan fingerprint density at radius 3 is 2.18 bits per heavy atom. The lowest BCUT2D eigenvalue weighted by Crippen LogP contribution is -2.51. The molecular weight excluding hydrogens is 408 g/mol. The second kappa shape index (κ2) is 8.45. The van der Waals surface area contributed by atoms with Gasteiger partial charge in [-0.3, -0.25) is 0 Å². The number of halogens is 3. The largest absolute Gasteiger partial charge is 0.379 e. The molecule has 0 aliphatic carbocycles. The molecule has 0 amide bonds. The average molecular weight is 430 g/mol. The Labute approximate surface area is 168 Å². The Morgan fingerprint density at radius 1 is 1.11 bits per heavy atom. The van der Waals surface area contributed by atoms with Crippen LogP contribution in [-0.2, 0) is 15.6 Å². The van der Waals surface area contributed by atoms with E-state index >= 15 is 0 Å². The minimum absolute atomic E-state index is 0.143. The van der Waals surface area contributed by atoms with E-state index < -0.39 is 33.3 Å². The summed E-state index contributed by atoms with van der Waals surface area (Å²) in [5.41, 5.74) is -1.53. The zero-order valence-corrected chi connectivity index (χ0v) is 16.8. The third kappa shape index (κ3) is 4.08. The molecule has 1 aliphatic heterocycles. The number of benzene rings is 2. The molecule has 0 bridgehead atoms. The van der Waals surface area contributed by atoms with Crippen LogP contribution < -0.4 is 0 Å². The molecule has 152 valence electrons. The molecule has 0 spiro atoms. The molecule has 1 atom stereocenters. The molecule has 1 saturated heterocycles. The van der Waals surface area contributed by atoms with E-state index in [4.69, 9.17) is 11.6 Å². The van der Waals surface area contributed by atoms with Gasteiger partial charge in [-0.15, -0.1) is 11.6 Å². The third-order valence-corrected chi connectivity index (χ3v) is 7.33. The predicted octanol–water partition coefficient (Wildman–Crippen LogP) is 3.62. The van der Waals surface area contributed by atoms with Gasteiger partial charge in [-0.05, 0) is 54.7 Å². The summed E-state index contributed by atoms with van der Waals surface area (Å²) in [7, 11) is -3.69. The van der Waals surface area contributed by atoms with Gasteiger partial charge in [-0.2, -0.15) is 4.31 Å². The second-order valence-corrected chi connectivity index (χ2v) is 9.33. The Kier molecular flexibility index (Phi) is 6.39. The first-order valence-electron chi connectivity index (χ1n) is 9.09. The van der Waals surface area contributed by atoms with Crippen LogP contribution in [0.5, 0.6) is 0 Å². The zero-order valence-electron chi connectivity index (χ0n) is 15.2. The van der Waals surface area contributed by atoms with Gasteiger partial charge in [-0.1, -0.05) is 24.3 Å². The highest BCUT2D eigenvalue weighted by atomic mass is 35.5. The molecule has 0 saturated carbocycles. The van der Waals surface area contributed by atoms with E-state index in [-0.39, 0.29) is 35.7 Å². The molecule has 1 heterocycles. The summed E-state index contributed by atoms with van der Waals surface area (Å²) in [4.78, 5) is 0. The smallest absolute Gasteiger partial charge is 0.214 e. The molecule has 1 N–H and O–H groups in total. The SMILES string of the molecule is O=S(=O)(CCCCl)N1CCC[C@@H]1C(O)(c1cccc(F)c1)c1cccc(F)c1. The average Bonchev–Trinajstić information content (AvgIpc) is 3.17. The fourth-order valence-corrected chi connectivity index (χ4v) is 5.94. The summed E-state index contributed by atoms with van der Waals surface area (Å²) in [6.45, 7) is 0.238. The van der Waals surface area contributed by atoms with Crippen LogP contribution in [0.4, 0.5) is 8.78 Å². The highest BCUT2D eigenvalue weighted by Gasteiger charge is 2.49. The Bertz CT molecular complexity index is 893. The van der Waals surface area contributed by atoms with Gasteiger partial charge in [0, 0.05) is 12.4 Å². The molecule has 2 aromatic carbocycles. The Hall–Kier alpha value is -1.54. The van der Waals surface area contributed by atoms with Gasteiger partial charge in [0.15, 0.2) is 0 Å². The number of sulfonamides is 1. The molecule has 4 nitrogen and oxygen atoms in total. The van der Waals surface area contributed by atoms with E-state index in [2.05, 4.69) is 0 Å². The first-order chi connectivity index (χ1) is 13.3. The normalized spacial score (nSPS) is 18.5. The number of rotatable bonds is 7. The van der Waals surface area contributed by atoms with Crippen LogP contribution >= 0.6 is 11.6 Å². The van der Waals surface area contributed by atoms with E-state index in [1.54, 1.807) is 0 Å². The molecule has 0 radical (unpaired) electrons. The van der Waals surface area contributed by atoms with E-state index in [0.29, 0.717) is 12.8 Å². The number of alkyl halides is 1. The summed E-state index contributed by atoms with van der Waals surface area (Å²) >= 11 is 5.65. The highest BCUT2D eigenvalue weighted by molar-refractivity contribution is 7.89. The standard InChI is InChI=1S/C20H22ClF2NO3S/c21-10-4-12-28(26,27)24-11-3-9-19(24)20(25,15-5-1-7-17(22)13-15)16-6-2-8-18(23)14-16/h1-2,5-8,13-14,19,25H,3-4,9-12H2/t19-/m1/s1.